The van der Waals surface area contributed by atoms with Crippen molar-refractivity contribution in [3.05, 3.63) is 168 Å². The molecule has 9 aromatic rings. The smallest absolute Gasteiger partial charge is 0.101 e. The van der Waals surface area contributed by atoms with Crippen LogP contribution >= 0.6 is 0 Å². The summed E-state index contributed by atoms with van der Waals surface area (Å²) in [6, 6.07) is 57.9. The lowest BCUT2D eigenvalue weighted by Gasteiger charge is -2.18. The molecule has 230 valence electrons. The van der Waals surface area contributed by atoms with Crippen molar-refractivity contribution in [2.75, 3.05) is 0 Å². The second-order valence-electron chi connectivity index (χ2n) is 12.3. The molecule has 0 bridgehead atoms. The molecule has 0 N–H and O–H groups in total. The molecule has 0 spiro atoms. The van der Waals surface area contributed by atoms with Crippen molar-refractivity contribution >= 4 is 43.6 Å². The number of nitrogens with zero attached hydrogens (tertiary/aromatic N) is 5. The Labute approximate surface area is 287 Å². The van der Waals surface area contributed by atoms with Gasteiger partial charge in [-0.2, -0.15) is 15.8 Å². The molecule has 0 aliphatic carbocycles. The summed E-state index contributed by atoms with van der Waals surface area (Å²) < 4.78 is 4.38. The minimum Gasteiger partial charge on any atom is -0.309 e. The van der Waals surface area contributed by atoms with E-state index in [2.05, 4.69) is 106 Å². The fourth-order valence-corrected chi connectivity index (χ4v) is 7.53. The molecule has 0 amide bonds. The first kappa shape index (κ1) is 28.8. The van der Waals surface area contributed by atoms with E-state index >= 15 is 0 Å². The van der Waals surface area contributed by atoms with Crippen LogP contribution < -0.4 is 0 Å². The standard InChI is InChI=1S/C45H25N5/c46-26-29-19-24-42-39(25-29)44-31(27-47)9-8-18-43(44)49(42)33-22-20-30(21-23-33)34-11-1-2-12-35(34)38-15-7-10-32(28-48)45(38)50-40-16-5-3-13-36(40)37-14-4-6-17-41(37)50/h1-25H. The number of fused-ring (bicyclic) bond motifs is 6. The highest BCUT2D eigenvalue weighted by molar-refractivity contribution is 6.12. The number of nitriles is 3. The fourth-order valence-electron chi connectivity index (χ4n) is 7.53. The van der Waals surface area contributed by atoms with Crippen molar-refractivity contribution in [2.45, 2.75) is 0 Å². The maximum absolute atomic E-state index is 10.5. The summed E-state index contributed by atoms with van der Waals surface area (Å²) in [5, 5.41) is 34.0. The highest BCUT2D eigenvalue weighted by atomic mass is 15.0. The Morgan fingerprint density at radius 2 is 0.980 bits per heavy atom. The highest BCUT2D eigenvalue weighted by Crippen LogP contribution is 2.41. The van der Waals surface area contributed by atoms with Gasteiger partial charge in [-0.3, -0.25) is 0 Å². The average molecular weight is 636 g/mol. The maximum atomic E-state index is 10.5. The molecule has 0 aliphatic heterocycles. The van der Waals surface area contributed by atoms with Crippen molar-refractivity contribution in [1.82, 2.24) is 9.13 Å². The first-order valence-electron chi connectivity index (χ1n) is 16.3. The van der Waals surface area contributed by atoms with Gasteiger partial charge < -0.3 is 9.13 Å². The van der Waals surface area contributed by atoms with Gasteiger partial charge in [-0.15, -0.1) is 0 Å². The van der Waals surface area contributed by atoms with Gasteiger partial charge in [0.2, 0.25) is 0 Å². The van der Waals surface area contributed by atoms with Gasteiger partial charge >= 0.3 is 0 Å². The van der Waals surface area contributed by atoms with Crippen molar-refractivity contribution in [3.63, 3.8) is 0 Å². The summed E-state index contributed by atoms with van der Waals surface area (Å²) in [6.07, 6.45) is 0. The van der Waals surface area contributed by atoms with Crippen LogP contribution in [0.4, 0.5) is 0 Å². The zero-order chi connectivity index (χ0) is 33.8. The van der Waals surface area contributed by atoms with E-state index in [1.807, 2.05) is 72.8 Å². The van der Waals surface area contributed by atoms with Gasteiger partial charge in [0.1, 0.15) is 6.07 Å². The number of aromatic nitrogens is 2. The highest BCUT2D eigenvalue weighted by Gasteiger charge is 2.21. The summed E-state index contributed by atoms with van der Waals surface area (Å²) in [5.74, 6) is 0. The lowest BCUT2D eigenvalue weighted by Crippen LogP contribution is -2.01. The third kappa shape index (κ3) is 4.24. The Morgan fingerprint density at radius 3 is 1.68 bits per heavy atom. The molecule has 0 unspecified atom stereocenters. The molecule has 5 nitrogen and oxygen atoms in total. The second-order valence-corrected chi connectivity index (χ2v) is 12.3. The van der Waals surface area contributed by atoms with Gasteiger partial charge in [0, 0.05) is 32.8 Å². The van der Waals surface area contributed by atoms with Crippen LogP contribution in [0.5, 0.6) is 0 Å². The molecule has 0 atom stereocenters. The quantitative estimate of drug-likeness (QED) is 0.193. The predicted octanol–water partition coefficient (Wildman–Crippen LogP) is 10.8. The van der Waals surface area contributed by atoms with E-state index in [1.165, 1.54) is 0 Å². The van der Waals surface area contributed by atoms with E-state index in [4.69, 9.17) is 0 Å². The number of hydrogen-bond donors (Lipinski definition) is 0. The lowest BCUT2D eigenvalue weighted by atomic mass is 9.92. The number of benzene rings is 7. The molecule has 5 heteroatoms. The maximum Gasteiger partial charge on any atom is 0.101 e. The average Bonchev–Trinajstić information content (AvgIpc) is 3.70. The molecular weight excluding hydrogens is 611 g/mol. The Balaban J connectivity index is 1.24. The Bertz CT molecular complexity index is 2900. The van der Waals surface area contributed by atoms with E-state index in [0.717, 1.165) is 77.2 Å². The van der Waals surface area contributed by atoms with E-state index in [-0.39, 0.29) is 0 Å². The van der Waals surface area contributed by atoms with Crippen molar-refractivity contribution in [3.8, 4) is 51.8 Å². The molecule has 2 heterocycles. The molecule has 0 saturated carbocycles. The van der Waals surface area contributed by atoms with Crippen LogP contribution in [0.1, 0.15) is 16.7 Å². The minimum atomic E-state index is 0.553. The van der Waals surface area contributed by atoms with Crippen LogP contribution in [0.2, 0.25) is 0 Å². The lowest BCUT2D eigenvalue weighted by molar-refractivity contribution is 1.17. The predicted molar refractivity (Wildman–Crippen MR) is 200 cm³/mol. The third-order valence-corrected chi connectivity index (χ3v) is 9.65. The van der Waals surface area contributed by atoms with Crippen LogP contribution in [0, 0.1) is 34.0 Å². The molecule has 7 aromatic carbocycles. The molecule has 0 fully saturated rings. The summed E-state index contributed by atoms with van der Waals surface area (Å²) in [4.78, 5) is 0. The van der Waals surface area contributed by atoms with Crippen molar-refractivity contribution in [1.29, 1.82) is 15.8 Å². The number of hydrogen-bond acceptors (Lipinski definition) is 3. The molecule has 50 heavy (non-hydrogen) atoms. The zero-order valence-corrected chi connectivity index (χ0v) is 26.7. The monoisotopic (exact) mass is 635 g/mol. The van der Waals surface area contributed by atoms with Crippen LogP contribution in [-0.4, -0.2) is 9.13 Å². The van der Waals surface area contributed by atoms with E-state index < -0.39 is 0 Å². The second kappa shape index (κ2) is 11.4. The van der Waals surface area contributed by atoms with Crippen LogP contribution in [0.15, 0.2) is 152 Å². The largest absolute Gasteiger partial charge is 0.309 e. The van der Waals surface area contributed by atoms with E-state index in [9.17, 15) is 15.8 Å². The summed E-state index contributed by atoms with van der Waals surface area (Å²) in [7, 11) is 0. The molecule has 0 aliphatic rings. The SMILES string of the molecule is N#Cc1ccc2c(c1)c1c(C#N)cccc1n2-c1ccc(-c2ccccc2-c2cccc(C#N)c2-n2c3ccccc3c3ccccc32)cc1. The zero-order valence-electron chi connectivity index (χ0n) is 26.7. The molecule has 9 rings (SSSR count). The van der Waals surface area contributed by atoms with E-state index in [0.29, 0.717) is 16.7 Å². The van der Waals surface area contributed by atoms with Crippen molar-refractivity contribution in [2.24, 2.45) is 0 Å². The Hall–Kier alpha value is -7.39. The van der Waals surface area contributed by atoms with Gasteiger partial charge in [-0.05, 0) is 77.4 Å². The van der Waals surface area contributed by atoms with Gasteiger partial charge in [-0.25, -0.2) is 0 Å². The summed E-state index contributed by atoms with van der Waals surface area (Å²) in [6.45, 7) is 0. The molecular formula is C45H25N5. The van der Waals surface area contributed by atoms with Gasteiger partial charge in [0.05, 0.1) is 56.6 Å². The van der Waals surface area contributed by atoms with Crippen LogP contribution in [-0.2, 0) is 0 Å². The Kier molecular flexibility index (Phi) is 6.56. The van der Waals surface area contributed by atoms with Gasteiger partial charge in [0.25, 0.3) is 0 Å². The van der Waals surface area contributed by atoms with Gasteiger partial charge in [0.15, 0.2) is 0 Å². The fraction of sp³-hybridized carbons (Fsp3) is 0. The molecule has 0 saturated heterocycles. The van der Waals surface area contributed by atoms with E-state index in [1.54, 1.807) is 0 Å². The normalized spacial score (nSPS) is 11.1. The first-order chi connectivity index (χ1) is 24.7. The summed E-state index contributed by atoms with van der Waals surface area (Å²) >= 11 is 0. The third-order valence-electron chi connectivity index (χ3n) is 9.65. The minimum absolute atomic E-state index is 0.553. The summed E-state index contributed by atoms with van der Waals surface area (Å²) in [5.41, 5.74) is 11.5. The first-order valence-corrected chi connectivity index (χ1v) is 16.3. The van der Waals surface area contributed by atoms with Crippen LogP contribution in [0.3, 0.4) is 0 Å². The molecule has 2 aromatic heterocycles. The number of para-hydroxylation sites is 3. The number of rotatable bonds is 4. The van der Waals surface area contributed by atoms with Crippen molar-refractivity contribution < 1.29 is 0 Å². The topological polar surface area (TPSA) is 81.2 Å². The van der Waals surface area contributed by atoms with Crippen LogP contribution in [0.25, 0.3) is 77.2 Å². The van der Waals surface area contributed by atoms with Gasteiger partial charge in [-0.1, -0.05) is 91.0 Å². The Morgan fingerprint density at radius 1 is 0.400 bits per heavy atom. The molecule has 0 radical (unpaired) electrons.